The Balaban J connectivity index is 2.15. The van der Waals surface area contributed by atoms with Gasteiger partial charge in [-0.2, -0.15) is 0 Å². The number of hydrogen-bond donors (Lipinski definition) is 1. The number of nitrogens with one attached hydrogen (secondary N) is 1. The number of carbonyl (C=O) groups is 1. The van der Waals surface area contributed by atoms with Gasteiger partial charge in [-0.3, -0.25) is 4.79 Å². The summed E-state index contributed by atoms with van der Waals surface area (Å²) in [6.45, 7) is 3.82. The van der Waals surface area contributed by atoms with Crippen LogP contribution in [0, 0.1) is 25.5 Å². The maximum absolute atomic E-state index is 13.4. The van der Waals surface area contributed by atoms with Gasteiger partial charge in [0.15, 0.2) is 0 Å². The second-order valence-corrected chi connectivity index (χ2v) is 4.75. The first-order valence-corrected chi connectivity index (χ1v) is 6.27. The zero-order valence-electron chi connectivity index (χ0n) is 11.3. The largest absolute Gasteiger partial charge is 0.321 e. The smallest absolute Gasteiger partial charge is 0.228 e. The molecular weight excluding hydrogens is 260 g/mol. The molecule has 0 aliphatic rings. The van der Waals surface area contributed by atoms with Crippen molar-refractivity contribution >= 4 is 11.6 Å². The molecule has 0 atom stereocenters. The predicted octanol–water partition coefficient (Wildman–Crippen LogP) is 3.76. The van der Waals surface area contributed by atoms with Gasteiger partial charge in [-0.1, -0.05) is 29.8 Å². The molecule has 0 unspecified atom stereocenters. The fraction of sp³-hybridized carbons (Fsp3) is 0.188. The van der Waals surface area contributed by atoms with Crippen molar-refractivity contribution in [1.82, 2.24) is 0 Å². The topological polar surface area (TPSA) is 29.1 Å². The van der Waals surface area contributed by atoms with Gasteiger partial charge in [-0.25, -0.2) is 8.78 Å². The number of hydrogen-bond acceptors (Lipinski definition) is 1. The van der Waals surface area contributed by atoms with E-state index >= 15 is 0 Å². The van der Waals surface area contributed by atoms with E-state index in [2.05, 4.69) is 5.32 Å². The van der Waals surface area contributed by atoms with E-state index in [9.17, 15) is 13.6 Å². The van der Waals surface area contributed by atoms with Gasteiger partial charge in [0, 0.05) is 0 Å². The number of carbonyl (C=O) groups excluding carboxylic acids is 1. The van der Waals surface area contributed by atoms with Crippen LogP contribution >= 0.6 is 0 Å². The fourth-order valence-corrected chi connectivity index (χ4v) is 1.96. The van der Waals surface area contributed by atoms with Crippen LogP contribution in [0.1, 0.15) is 16.7 Å². The average molecular weight is 275 g/mol. The molecule has 4 heteroatoms. The number of rotatable bonds is 3. The van der Waals surface area contributed by atoms with Crippen LogP contribution in [0.25, 0.3) is 0 Å². The summed E-state index contributed by atoms with van der Waals surface area (Å²) in [5.74, 6) is -2.00. The summed E-state index contributed by atoms with van der Waals surface area (Å²) < 4.78 is 26.9. The maximum Gasteiger partial charge on any atom is 0.228 e. The first-order chi connectivity index (χ1) is 9.47. The van der Waals surface area contributed by atoms with Crippen molar-refractivity contribution in [3.63, 3.8) is 0 Å². The molecule has 20 heavy (non-hydrogen) atoms. The summed E-state index contributed by atoms with van der Waals surface area (Å²) in [6.07, 6.45) is 0.0846. The average Bonchev–Trinajstić information content (AvgIpc) is 2.38. The van der Waals surface area contributed by atoms with E-state index in [1.54, 1.807) is 0 Å². The Morgan fingerprint density at radius 1 is 1.10 bits per heavy atom. The highest BCUT2D eigenvalue weighted by Gasteiger charge is 2.13. The molecule has 1 amide bonds. The summed E-state index contributed by atoms with van der Waals surface area (Å²) in [5.41, 5.74) is 2.46. The molecule has 0 radical (unpaired) electrons. The van der Waals surface area contributed by atoms with Gasteiger partial charge >= 0.3 is 0 Å². The minimum atomic E-state index is -0.778. The lowest BCUT2D eigenvalue weighted by molar-refractivity contribution is -0.115. The Morgan fingerprint density at radius 3 is 2.40 bits per heavy atom. The van der Waals surface area contributed by atoms with Crippen LogP contribution in [0.3, 0.4) is 0 Å². The molecule has 0 bridgehead atoms. The number of anilines is 1. The predicted molar refractivity (Wildman–Crippen MR) is 74.6 cm³/mol. The molecular formula is C16H15F2NO. The van der Waals surface area contributed by atoms with Crippen LogP contribution in [0.15, 0.2) is 36.4 Å². The molecule has 0 saturated carbocycles. The minimum Gasteiger partial charge on any atom is -0.321 e. The van der Waals surface area contributed by atoms with Crippen molar-refractivity contribution in [1.29, 1.82) is 0 Å². The van der Waals surface area contributed by atoms with Gasteiger partial charge in [0.05, 0.1) is 6.42 Å². The summed E-state index contributed by atoms with van der Waals surface area (Å²) in [5, 5.41) is 2.28. The SMILES string of the molecule is Cc1ccc(C)c(CC(=O)Nc2c(F)cccc2F)c1. The summed E-state index contributed by atoms with van der Waals surface area (Å²) in [7, 11) is 0. The van der Waals surface area contributed by atoms with Crippen molar-refractivity contribution in [3.8, 4) is 0 Å². The standard InChI is InChI=1S/C16H15F2NO/c1-10-6-7-11(2)12(8-10)9-15(20)19-16-13(17)4-3-5-14(16)18/h3-8H,9H2,1-2H3,(H,19,20). The highest BCUT2D eigenvalue weighted by Crippen LogP contribution is 2.19. The Labute approximate surface area is 116 Å². The second kappa shape index (κ2) is 5.82. The van der Waals surface area contributed by atoms with Gasteiger partial charge in [0.1, 0.15) is 17.3 Å². The zero-order valence-corrected chi connectivity index (χ0v) is 11.3. The van der Waals surface area contributed by atoms with Crippen molar-refractivity contribution in [2.45, 2.75) is 20.3 Å². The molecule has 2 rings (SSSR count). The number of benzene rings is 2. The Morgan fingerprint density at radius 2 is 1.75 bits per heavy atom. The minimum absolute atomic E-state index is 0.0846. The van der Waals surface area contributed by atoms with Crippen molar-refractivity contribution in [2.75, 3.05) is 5.32 Å². The first-order valence-electron chi connectivity index (χ1n) is 6.27. The molecule has 0 aromatic heterocycles. The lowest BCUT2D eigenvalue weighted by Gasteiger charge is -2.09. The Hall–Kier alpha value is -2.23. The zero-order chi connectivity index (χ0) is 14.7. The normalized spacial score (nSPS) is 10.4. The van der Waals surface area contributed by atoms with E-state index in [0.717, 1.165) is 28.8 Å². The van der Waals surface area contributed by atoms with Gasteiger partial charge in [-0.15, -0.1) is 0 Å². The third kappa shape index (κ3) is 3.20. The molecule has 0 aliphatic carbocycles. The highest BCUT2D eigenvalue weighted by atomic mass is 19.1. The summed E-state index contributed by atoms with van der Waals surface area (Å²) in [6, 6.07) is 9.24. The van der Waals surface area contributed by atoms with Crippen molar-refractivity contribution in [3.05, 3.63) is 64.7 Å². The van der Waals surface area contributed by atoms with E-state index in [1.165, 1.54) is 6.07 Å². The molecule has 1 N–H and O–H groups in total. The molecule has 0 heterocycles. The van der Waals surface area contributed by atoms with Crippen LogP contribution in [0.2, 0.25) is 0 Å². The van der Waals surface area contributed by atoms with Gasteiger partial charge in [0.2, 0.25) is 5.91 Å². The molecule has 104 valence electrons. The highest BCUT2D eigenvalue weighted by molar-refractivity contribution is 5.92. The van der Waals surface area contributed by atoms with Crippen LogP contribution in [-0.2, 0) is 11.2 Å². The number of para-hydroxylation sites is 1. The third-order valence-electron chi connectivity index (χ3n) is 3.08. The van der Waals surface area contributed by atoms with E-state index in [4.69, 9.17) is 0 Å². The molecule has 0 aliphatic heterocycles. The van der Waals surface area contributed by atoms with Crippen molar-refractivity contribution < 1.29 is 13.6 Å². The van der Waals surface area contributed by atoms with Gasteiger partial charge < -0.3 is 5.32 Å². The van der Waals surface area contributed by atoms with Crippen LogP contribution in [-0.4, -0.2) is 5.91 Å². The monoisotopic (exact) mass is 275 g/mol. The molecule has 0 spiro atoms. The summed E-state index contributed by atoms with van der Waals surface area (Å²) in [4.78, 5) is 11.9. The lowest BCUT2D eigenvalue weighted by atomic mass is 10.0. The van der Waals surface area contributed by atoms with Crippen LogP contribution in [0.5, 0.6) is 0 Å². The molecule has 0 saturated heterocycles. The van der Waals surface area contributed by atoms with Crippen LogP contribution in [0.4, 0.5) is 14.5 Å². The molecule has 2 aromatic carbocycles. The first kappa shape index (κ1) is 14.2. The van der Waals surface area contributed by atoms with E-state index < -0.39 is 23.2 Å². The van der Waals surface area contributed by atoms with Crippen molar-refractivity contribution in [2.24, 2.45) is 0 Å². The summed E-state index contributed by atoms with van der Waals surface area (Å²) >= 11 is 0. The molecule has 2 aromatic rings. The maximum atomic E-state index is 13.4. The number of aryl methyl sites for hydroxylation is 2. The Kier molecular flexibility index (Phi) is 4.13. The quantitative estimate of drug-likeness (QED) is 0.907. The van der Waals surface area contributed by atoms with E-state index in [-0.39, 0.29) is 6.42 Å². The molecule has 2 nitrogen and oxygen atoms in total. The third-order valence-corrected chi connectivity index (χ3v) is 3.08. The fourth-order valence-electron chi connectivity index (χ4n) is 1.96. The number of amides is 1. The van der Waals surface area contributed by atoms with E-state index in [0.29, 0.717) is 0 Å². The lowest BCUT2D eigenvalue weighted by Crippen LogP contribution is -2.17. The molecule has 0 fully saturated rings. The van der Waals surface area contributed by atoms with Crippen LogP contribution < -0.4 is 5.32 Å². The number of halogens is 2. The Bertz CT molecular complexity index is 633. The van der Waals surface area contributed by atoms with Gasteiger partial charge in [-0.05, 0) is 37.1 Å². The van der Waals surface area contributed by atoms with Gasteiger partial charge in [0.25, 0.3) is 0 Å². The van der Waals surface area contributed by atoms with E-state index in [1.807, 2.05) is 32.0 Å². The second-order valence-electron chi connectivity index (χ2n) is 4.75.